The molecule has 0 spiro atoms. The molecule has 4 fully saturated rings. The summed E-state index contributed by atoms with van der Waals surface area (Å²) in [6.45, 7) is 6.56. The Morgan fingerprint density at radius 3 is 2.00 bits per heavy atom. The van der Waals surface area contributed by atoms with Crippen LogP contribution in [0.15, 0.2) is 29.2 Å². The van der Waals surface area contributed by atoms with Crippen LogP contribution in [0.1, 0.15) is 77.7 Å². The average Bonchev–Trinajstić information content (AvgIpc) is 2.60. The largest absolute Gasteiger partial charge is 0.240 e. The highest BCUT2D eigenvalue weighted by atomic mass is 32.2. The molecule has 4 aliphatic rings. The van der Waals surface area contributed by atoms with Crippen molar-refractivity contribution >= 4 is 10.0 Å². The van der Waals surface area contributed by atoms with E-state index in [0.717, 1.165) is 37.0 Å². The van der Waals surface area contributed by atoms with E-state index in [0.29, 0.717) is 10.8 Å². The van der Waals surface area contributed by atoms with Crippen molar-refractivity contribution in [3.05, 3.63) is 29.8 Å². The first-order valence-corrected chi connectivity index (χ1v) is 12.9. The zero-order valence-corrected chi connectivity index (χ0v) is 18.6. The van der Waals surface area contributed by atoms with Gasteiger partial charge in [-0.15, -0.1) is 0 Å². The summed E-state index contributed by atoms with van der Waals surface area (Å²) >= 11 is 0. The fraction of sp³-hybridized carbons (Fsp3) is 0.750. The molecular formula is C24H37NO2S. The lowest BCUT2D eigenvalue weighted by molar-refractivity contribution is -0.0712. The Hall–Kier alpha value is -0.870. The van der Waals surface area contributed by atoms with Gasteiger partial charge in [-0.25, -0.2) is 13.1 Å². The second kappa shape index (κ2) is 7.75. The summed E-state index contributed by atoms with van der Waals surface area (Å²) in [6.07, 6.45) is 10.9. The second-order valence-corrected chi connectivity index (χ2v) is 12.2. The molecule has 156 valence electrons. The SMILES string of the molecule is CCCC(NS(=O)(=O)c1ccc(CC(C)C)cc1)C12CC3CC(CC(C3)C1)C2. The van der Waals surface area contributed by atoms with E-state index < -0.39 is 10.0 Å². The van der Waals surface area contributed by atoms with Crippen LogP contribution in [-0.4, -0.2) is 14.5 Å². The first-order valence-electron chi connectivity index (χ1n) is 11.4. The van der Waals surface area contributed by atoms with Gasteiger partial charge >= 0.3 is 0 Å². The van der Waals surface area contributed by atoms with Gasteiger partial charge in [-0.3, -0.25) is 0 Å². The third-order valence-corrected chi connectivity index (χ3v) is 9.06. The van der Waals surface area contributed by atoms with Gasteiger partial charge in [-0.05, 0) is 98.1 Å². The molecule has 0 saturated heterocycles. The molecule has 3 nitrogen and oxygen atoms in total. The zero-order chi connectivity index (χ0) is 19.9. The van der Waals surface area contributed by atoms with Crippen molar-refractivity contribution in [2.75, 3.05) is 0 Å². The molecule has 4 bridgehead atoms. The van der Waals surface area contributed by atoms with Gasteiger partial charge in [0.1, 0.15) is 0 Å². The van der Waals surface area contributed by atoms with Crippen LogP contribution in [0.4, 0.5) is 0 Å². The molecule has 4 heteroatoms. The Bertz CT molecular complexity index is 746. The minimum Gasteiger partial charge on any atom is -0.208 e. The molecule has 1 aromatic carbocycles. The third-order valence-electron chi connectivity index (χ3n) is 7.58. The van der Waals surface area contributed by atoms with Crippen LogP contribution >= 0.6 is 0 Å². The molecule has 0 amide bonds. The summed E-state index contributed by atoms with van der Waals surface area (Å²) in [5, 5.41) is 0. The van der Waals surface area contributed by atoms with Gasteiger partial charge in [0.25, 0.3) is 0 Å². The molecule has 0 aromatic heterocycles. The lowest BCUT2D eigenvalue weighted by atomic mass is 9.47. The Balaban J connectivity index is 1.54. The van der Waals surface area contributed by atoms with E-state index >= 15 is 0 Å². The summed E-state index contributed by atoms with van der Waals surface area (Å²) in [5.74, 6) is 3.09. The normalized spacial score (nSPS) is 32.8. The fourth-order valence-electron chi connectivity index (χ4n) is 6.91. The molecule has 4 saturated carbocycles. The van der Waals surface area contributed by atoms with Gasteiger partial charge in [0.05, 0.1) is 4.90 Å². The van der Waals surface area contributed by atoms with Gasteiger partial charge in [0.2, 0.25) is 10.0 Å². The van der Waals surface area contributed by atoms with E-state index in [1.54, 1.807) is 12.1 Å². The van der Waals surface area contributed by atoms with Crippen LogP contribution in [0.2, 0.25) is 0 Å². The molecule has 1 atom stereocenters. The van der Waals surface area contributed by atoms with Crippen molar-refractivity contribution in [1.82, 2.24) is 4.72 Å². The number of nitrogens with one attached hydrogen (secondary N) is 1. The van der Waals surface area contributed by atoms with E-state index in [1.807, 2.05) is 12.1 Å². The van der Waals surface area contributed by atoms with Crippen LogP contribution in [0.3, 0.4) is 0 Å². The summed E-state index contributed by atoms with van der Waals surface area (Å²) in [7, 11) is -3.47. The molecular weight excluding hydrogens is 366 g/mol. The maximum Gasteiger partial charge on any atom is 0.240 e. The second-order valence-electron chi connectivity index (χ2n) is 10.5. The fourth-order valence-corrected chi connectivity index (χ4v) is 8.29. The predicted molar refractivity (Wildman–Crippen MR) is 115 cm³/mol. The van der Waals surface area contributed by atoms with E-state index in [4.69, 9.17) is 0 Å². The lowest BCUT2D eigenvalue weighted by Gasteiger charge is -2.59. The van der Waals surface area contributed by atoms with Crippen LogP contribution in [0.5, 0.6) is 0 Å². The Morgan fingerprint density at radius 1 is 1.00 bits per heavy atom. The van der Waals surface area contributed by atoms with Crippen molar-refractivity contribution < 1.29 is 8.42 Å². The van der Waals surface area contributed by atoms with Crippen LogP contribution in [0, 0.1) is 29.1 Å². The van der Waals surface area contributed by atoms with Gasteiger partial charge in [0.15, 0.2) is 0 Å². The standard InChI is InChI=1S/C24H37NO2S/c1-4-5-23(24-14-19-11-20(15-24)13-21(12-19)16-24)25-28(26,27)22-8-6-18(7-9-22)10-17(2)3/h6-9,17,19-21,23,25H,4-5,10-16H2,1-3H3. The first kappa shape index (κ1) is 20.4. The molecule has 1 N–H and O–H groups in total. The lowest BCUT2D eigenvalue weighted by Crippen LogP contribution is -2.56. The van der Waals surface area contributed by atoms with Crippen LogP contribution in [0.25, 0.3) is 0 Å². The van der Waals surface area contributed by atoms with E-state index in [2.05, 4.69) is 25.5 Å². The minimum atomic E-state index is -3.47. The number of rotatable bonds is 8. The smallest absolute Gasteiger partial charge is 0.208 e. The van der Waals surface area contributed by atoms with Gasteiger partial charge in [0, 0.05) is 6.04 Å². The van der Waals surface area contributed by atoms with Gasteiger partial charge in [-0.1, -0.05) is 39.3 Å². The molecule has 0 radical (unpaired) electrons. The third kappa shape index (κ3) is 4.05. The van der Waals surface area contributed by atoms with Crippen molar-refractivity contribution in [2.24, 2.45) is 29.1 Å². The summed E-state index contributed by atoms with van der Waals surface area (Å²) in [5.41, 5.74) is 1.41. The van der Waals surface area contributed by atoms with Gasteiger partial charge < -0.3 is 0 Å². The highest BCUT2D eigenvalue weighted by Gasteiger charge is 2.54. The monoisotopic (exact) mass is 403 g/mol. The van der Waals surface area contributed by atoms with Crippen molar-refractivity contribution in [1.29, 1.82) is 0 Å². The molecule has 28 heavy (non-hydrogen) atoms. The van der Waals surface area contributed by atoms with E-state index in [9.17, 15) is 8.42 Å². The van der Waals surface area contributed by atoms with Crippen LogP contribution < -0.4 is 4.72 Å². The van der Waals surface area contributed by atoms with Crippen LogP contribution in [-0.2, 0) is 16.4 Å². The topological polar surface area (TPSA) is 46.2 Å². The van der Waals surface area contributed by atoms with E-state index in [1.165, 1.54) is 44.1 Å². The molecule has 1 aromatic rings. The molecule has 0 heterocycles. The average molecular weight is 404 g/mol. The Kier molecular flexibility index (Phi) is 5.65. The Morgan fingerprint density at radius 2 is 1.54 bits per heavy atom. The number of benzene rings is 1. The Labute approximate surface area is 171 Å². The minimum absolute atomic E-state index is 0.0891. The van der Waals surface area contributed by atoms with Crippen molar-refractivity contribution in [2.45, 2.75) is 89.5 Å². The van der Waals surface area contributed by atoms with Crippen molar-refractivity contribution in [3.8, 4) is 0 Å². The predicted octanol–water partition coefficient (Wildman–Crippen LogP) is 5.55. The molecule has 5 rings (SSSR count). The summed E-state index contributed by atoms with van der Waals surface area (Å²) < 4.78 is 29.7. The first-order chi connectivity index (χ1) is 13.3. The molecule has 4 aliphatic carbocycles. The molecule has 0 aliphatic heterocycles. The highest BCUT2D eigenvalue weighted by molar-refractivity contribution is 7.89. The van der Waals surface area contributed by atoms with Crippen molar-refractivity contribution in [3.63, 3.8) is 0 Å². The maximum atomic E-state index is 13.2. The highest BCUT2D eigenvalue weighted by Crippen LogP contribution is 2.61. The van der Waals surface area contributed by atoms with E-state index in [-0.39, 0.29) is 11.5 Å². The quantitative estimate of drug-likeness (QED) is 0.618. The zero-order valence-electron chi connectivity index (χ0n) is 17.8. The number of hydrogen-bond donors (Lipinski definition) is 1. The number of sulfonamides is 1. The maximum absolute atomic E-state index is 13.2. The molecule has 1 unspecified atom stereocenters. The van der Waals surface area contributed by atoms with Gasteiger partial charge in [-0.2, -0.15) is 0 Å². The number of hydrogen-bond acceptors (Lipinski definition) is 2. The summed E-state index contributed by atoms with van der Waals surface area (Å²) in [6, 6.07) is 7.64. The summed E-state index contributed by atoms with van der Waals surface area (Å²) in [4.78, 5) is 0.422.